The van der Waals surface area contributed by atoms with Crippen molar-refractivity contribution in [3.8, 4) is 0 Å². The molecule has 8 heteroatoms. The molecule has 0 bridgehead atoms. The first-order chi connectivity index (χ1) is 9.72. The minimum atomic E-state index is -1.20. The second-order valence-electron chi connectivity index (χ2n) is 4.53. The van der Waals surface area contributed by atoms with E-state index >= 15 is 0 Å². The number of hydrogen-bond acceptors (Lipinski definition) is 5. The minimum Gasteiger partial charge on any atom is -0.478 e. The smallest absolute Gasteiger partial charge is 0.331 e. The molecule has 0 aromatic carbocycles. The number of aromatic nitrogens is 1. The second kappa shape index (κ2) is 6.98. The highest BCUT2D eigenvalue weighted by molar-refractivity contribution is 7.09. The number of rotatable bonds is 4. The van der Waals surface area contributed by atoms with Gasteiger partial charge in [0.15, 0.2) is 0 Å². The molecule has 0 saturated heterocycles. The lowest BCUT2D eigenvalue weighted by Gasteiger charge is -2.12. The monoisotopic (exact) mass is 311 g/mol. The zero-order valence-corrected chi connectivity index (χ0v) is 13.0. The topological polar surface area (TPSA) is 108 Å². The number of imide groups is 1. The van der Waals surface area contributed by atoms with E-state index in [1.807, 2.05) is 12.3 Å². The number of carboxylic acid groups (broad SMARTS) is 1. The Balaban J connectivity index is 2.64. The maximum Gasteiger partial charge on any atom is 0.331 e. The standard InChI is InChI=1S/C13H17N3O4S/c1-6-5-21-11(14-6)9(4)15-13(20)16-10(17)7(2)8(3)12(18)19/h5,9H,1-4H3,(H,18,19)(H2,15,16,17,20). The van der Waals surface area contributed by atoms with E-state index < -0.39 is 17.9 Å². The summed E-state index contributed by atoms with van der Waals surface area (Å²) in [5.41, 5.74) is 0.732. The Morgan fingerprint density at radius 3 is 2.38 bits per heavy atom. The highest BCUT2D eigenvalue weighted by Gasteiger charge is 2.17. The molecule has 1 atom stereocenters. The molecular weight excluding hydrogens is 294 g/mol. The first-order valence-corrected chi connectivity index (χ1v) is 7.05. The van der Waals surface area contributed by atoms with Gasteiger partial charge in [0.25, 0.3) is 5.91 Å². The molecule has 21 heavy (non-hydrogen) atoms. The van der Waals surface area contributed by atoms with Crippen LogP contribution in [-0.2, 0) is 9.59 Å². The van der Waals surface area contributed by atoms with Crippen molar-refractivity contribution >= 4 is 29.2 Å². The number of thiazole rings is 1. The van der Waals surface area contributed by atoms with Gasteiger partial charge in [-0.05, 0) is 27.7 Å². The summed E-state index contributed by atoms with van der Waals surface area (Å²) in [6, 6.07) is -1.04. The predicted octanol–water partition coefficient (Wildman–Crippen LogP) is 1.76. The van der Waals surface area contributed by atoms with Crippen LogP contribution >= 0.6 is 11.3 Å². The second-order valence-corrected chi connectivity index (χ2v) is 5.42. The summed E-state index contributed by atoms with van der Waals surface area (Å²) in [7, 11) is 0. The molecule has 0 aliphatic heterocycles. The normalized spacial score (nSPS) is 13.1. The summed E-state index contributed by atoms with van der Waals surface area (Å²) in [4.78, 5) is 38.4. The van der Waals surface area contributed by atoms with Crippen molar-refractivity contribution in [1.29, 1.82) is 0 Å². The molecule has 1 aromatic rings. The molecule has 0 saturated carbocycles. The zero-order valence-electron chi connectivity index (χ0n) is 12.2. The molecule has 3 N–H and O–H groups in total. The van der Waals surface area contributed by atoms with Crippen molar-refractivity contribution in [2.24, 2.45) is 0 Å². The maximum atomic E-state index is 11.7. The van der Waals surface area contributed by atoms with Crippen molar-refractivity contribution in [1.82, 2.24) is 15.6 Å². The lowest BCUT2D eigenvalue weighted by molar-refractivity contribution is -0.133. The fourth-order valence-electron chi connectivity index (χ4n) is 1.39. The summed E-state index contributed by atoms with van der Waals surface area (Å²) >= 11 is 1.41. The van der Waals surface area contributed by atoms with E-state index in [4.69, 9.17) is 5.11 Å². The average molecular weight is 311 g/mol. The van der Waals surface area contributed by atoms with E-state index in [0.29, 0.717) is 0 Å². The van der Waals surface area contributed by atoms with Crippen molar-refractivity contribution in [2.75, 3.05) is 0 Å². The van der Waals surface area contributed by atoms with Gasteiger partial charge in [-0.15, -0.1) is 11.3 Å². The van der Waals surface area contributed by atoms with Crippen LogP contribution in [0.25, 0.3) is 0 Å². The molecule has 7 nitrogen and oxygen atoms in total. The van der Waals surface area contributed by atoms with E-state index in [9.17, 15) is 14.4 Å². The third-order valence-electron chi connectivity index (χ3n) is 2.81. The Morgan fingerprint density at radius 1 is 1.29 bits per heavy atom. The number of hydrogen-bond donors (Lipinski definition) is 3. The van der Waals surface area contributed by atoms with Crippen LogP contribution in [0.4, 0.5) is 4.79 Å². The molecular formula is C13H17N3O4S. The van der Waals surface area contributed by atoms with Crippen LogP contribution in [-0.4, -0.2) is 28.0 Å². The number of aliphatic carboxylic acids is 1. The SMILES string of the molecule is CC(C(=O)O)=C(C)C(=O)NC(=O)NC(C)c1nc(C)cs1. The number of aryl methyl sites for hydroxylation is 1. The van der Waals surface area contributed by atoms with Crippen molar-refractivity contribution in [3.63, 3.8) is 0 Å². The van der Waals surface area contributed by atoms with Gasteiger partial charge < -0.3 is 10.4 Å². The third-order valence-corrected chi connectivity index (χ3v) is 3.95. The zero-order chi connectivity index (χ0) is 16.2. The van der Waals surface area contributed by atoms with Crippen LogP contribution in [0.3, 0.4) is 0 Å². The van der Waals surface area contributed by atoms with Gasteiger partial charge >= 0.3 is 12.0 Å². The van der Waals surface area contributed by atoms with Crippen LogP contribution in [0.2, 0.25) is 0 Å². The summed E-state index contributed by atoms with van der Waals surface area (Å²) < 4.78 is 0. The molecule has 1 heterocycles. The number of carbonyl (C=O) groups is 3. The molecule has 0 aliphatic carbocycles. The first kappa shape index (κ1) is 16.8. The molecule has 0 spiro atoms. The third kappa shape index (κ3) is 4.67. The largest absolute Gasteiger partial charge is 0.478 e. The first-order valence-electron chi connectivity index (χ1n) is 6.17. The Bertz CT molecular complexity index is 606. The van der Waals surface area contributed by atoms with Gasteiger partial charge in [0.1, 0.15) is 5.01 Å². The molecule has 1 unspecified atom stereocenters. The number of carboxylic acids is 1. The highest BCUT2D eigenvalue weighted by Crippen LogP contribution is 2.17. The Labute approximate surface area is 126 Å². The van der Waals surface area contributed by atoms with E-state index in [2.05, 4.69) is 15.6 Å². The van der Waals surface area contributed by atoms with Gasteiger partial charge in [0, 0.05) is 22.2 Å². The molecule has 0 fully saturated rings. The highest BCUT2D eigenvalue weighted by atomic mass is 32.1. The summed E-state index contributed by atoms with van der Waals surface area (Å²) in [6.07, 6.45) is 0. The van der Waals surface area contributed by atoms with Crippen molar-refractivity contribution < 1.29 is 19.5 Å². The maximum absolute atomic E-state index is 11.7. The number of nitrogens with one attached hydrogen (secondary N) is 2. The molecule has 114 valence electrons. The average Bonchev–Trinajstić information content (AvgIpc) is 2.83. The number of urea groups is 1. The van der Waals surface area contributed by atoms with Gasteiger partial charge in [-0.2, -0.15) is 0 Å². The minimum absolute atomic E-state index is 0.0182. The van der Waals surface area contributed by atoms with Crippen LogP contribution in [0.1, 0.15) is 37.5 Å². The van der Waals surface area contributed by atoms with Crippen LogP contribution in [0.5, 0.6) is 0 Å². The van der Waals surface area contributed by atoms with Crippen LogP contribution in [0.15, 0.2) is 16.5 Å². The van der Waals surface area contributed by atoms with E-state index in [1.54, 1.807) is 6.92 Å². The van der Waals surface area contributed by atoms with E-state index in [-0.39, 0.29) is 17.2 Å². The number of amides is 3. The summed E-state index contributed by atoms with van der Waals surface area (Å²) in [5.74, 6) is -1.94. The fraction of sp³-hybridized carbons (Fsp3) is 0.385. The van der Waals surface area contributed by atoms with Gasteiger partial charge in [0.2, 0.25) is 0 Å². The van der Waals surface area contributed by atoms with Gasteiger partial charge in [-0.25, -0.2) is 14.6 Å². The molecule has 3 amide bonds. The number of nitrogens with zero attached hydrogens (tertiary/aromatic N) is 1. The van der Waals surface area contributed by atoms with Crippen LogP contribution < -0.4 is 10.6 Å². The Hall–Kier alpha value is -2.22. The summed E-state index contributed by atoms with van der Waals surface area (Å²) in [5, 5.41) is 16.0. The Kier molecular flexibility index (Phi) is 5.60. The van der Waals surface area contributed by atoms with Crippen LogP contribution in [0, 0.1) is 6.92 Å². The molecule has 1 rings (SSSR count). The lowest BCUT2D eigenvalue weighted by Crippen LogP contribution is -2.41. The Morgan fingerprint density at radius 2 is 1.90 bits per heavy atom. The molecule has 0 aliphatic rings. The quantitative estimate of drug-likeness (QED) is 0.734. The molecule has 0 radical (unpaired) electrons. The number of carbonyl (C=O) groups excluding carboxylic acids is 2. The van der Waals surface area contributed by atoms with Gasteiger partial charge in [0.05, 0.1) is 6.04 Å². The van der Waals surface area contributed by atoms with E-state index in [0.717, 1.165) is 10.7 Å². The van der Waals surface area contributed by atoms with Crippen molar-refractivity contribution in [3.05, 3.63) is 27.2 Å². The van der Waals surface area contributed by atoms with Gasteiger partial charge in [-0.3, -0.25) is 10.1 Å². The van der Waals surface area contributed by atoms with E-state index in [1.165, 1.54) is 25.2 Å². The lowest BCUT2D eigenvalue weighted by atomic mass is 10.1. The summed E-state index contributed by atoms with van der Waals surface area (Å²) in [6.45, 7) is 6.24. The predicted molar refractivity (Wildman–Crippen MR) is 78.0 cm³/mol. The van der Waals surface area contributed by atoms with Gasteiger partial charge in [-0.1, -0.05) is 0 Å². The van der Waals surface area contributed by atoms with Crippen molar-refractivity contribution in [2.45, 2.75) is 33.7 Å². The molecule has 1 aromatic heterocycles. The fourth-order valence-corrected chi connectivity index (χ4v) is 2.20.